The Bertz CT molecular complexity index is 796. The van der Waals surface area contributed by atoms with Gasteiger partial charge in [-0.2, -0.15) is 0 Å². The van der Waals surface area contributed by atoms with E-state index in [-0.39, 0.29) is 5.69 Å². The lowest BCUT2D eigenvalue weighted by atomic mass is 10.2. The molecule has 1 aromatic carbocycles. The number of halogens is 1. The number of anilines is 2. The molecule has 2 rings (SSSR count). The zero-order valence-corrected chi connectivity index (χ0v) is 15.0. The molecule has 1 heterocycles. The maximum Gasteiger partial charge on any atom is 0.274 e. The molecular formula is C17H19ClN4O3. The number of amides is 1. The van der Waals surface area contributed by atoms with Crippen LogP contribution >= 0.6 is 11.6 Å². The Morgan fingerprint density at radius 2 is 1.96 bits per heavy atom. The van der Waals surface area contributed by atoms with Crippen LogP contribution in [-0.2, 0) is 0 Å². The van der Waals surface area contributed by atoms with E-state index in [0.29, 0.717) is 40.4 Å². The number of carbonyl (C=O) groups is 1. The molecule has 0 aliphatic carbocycles. The molecule has 1 amide bonds. The van der Waals surface area contributed by atoms with Gasteiger partial charge in [0.05, 0.1) is 24.9 Å². The molecule has 2 aromatic rings. The first-order valence-corrected chi connectivity index (χ1v) is 7.79. The van der Waals surface area contributed by atoms with Crippen molar-refractivity contribution in [2.24, 2.45) is 0 Å². The van der Waals surface area contributed by atoms with E-state index in [0.717, 1.165) is 0 Å². The summed E-state index contributed by atoms with van der Waals surface area (Å²) in [5, 5.41) is 6.16. The van der Waals surface area contributed by atoms with Crippen LogP contribution in [0.15, 0.2) is 30.9 Å². The number of nitrogens with one attached hydrogen (secondary N) is 2. The van der Waals surface area contributed by atoms with Crippen molar-refractivity contribution in [2.75, 3.05) is 31.4 Å². The minimum absolute atomic E-state index is 0.218. The van der Waals surface area contributed by atoms with Crippen LogP contribution in [0.4, 0.5) is 11.5 Å². The van der Waals surface area contributed by atoms with Crippen molar-refractivity contribution in [3.63, 3.8) is 0 Å². The fraction of sp³-hybridized carbons (Fsp3) is 0.235. The Morgan fingerprint density at radius 3 is 2.60 bits per heavy atom. The summed E-state index contributed by atoms with van der Waals surface area (Å²) in [6.07, 6.45) is 1.70. The minimum Gasteiger partial charge on any atom is -0.495 e. The maximum atomic E-state index is 12.6. The largest absolute Gasteiger partial charge is 0.495 e. The van der Waals surface area contributed by atoms with Gasteiger partial charge in [-0.1, -0.05) is 17.7 Å². The molecule has 0 spiro atoms. The van der Waals surface area contributed by atoms with E-state index in [9.17, 15) is 4.79 Å². The summed E-state index contributed by atoms with van der Waals surface area (Å²) >= 11 is 6.07. The fourth-order valence-corrected chi connectivity index (χ4v) is 2.33. The molecule has 8 heteroatoms. The third-order valence-electron chi connectivity index (χ3n) is 3.22. The Hall–Kier alpha value is -2.80. The number of nitrogens with zero attached hydrogens (tertiary/aromatic N) is 2. The standard InChI is InChI=1S/C17H19ClN4O3/c1-5-6-19-16-9-13(20-10(2)21-16)17(23)22-12-8-14(24-3)11(18)7-15(12)25-4/h5,7-9H,1,6H2,2-4H3,(H,22,23)(H,19,20,21). The Balaban J connectivity index is 2.30. The zero-order chi connectivity index (χ0) is 18.4. The van der Waals surface area contributed by atoms with E-state index < -0.39 is 5.91 Å². The predicted octanol–water partition coefficient (Wildman–Crippen LogP) is 3.31. The summed E-state index contributed by atoms with van der Waals surface area (Å²) < 4.78 is 10.4. The summed E-state index contributed by atoms with van der Waals surface area (Å²) in [6, 6.07) is 4.72. The number of ether oxygens (including phenoxy) is 2. The van der Waals surface area contributed by atoms with E-state index in [1.807, 2.05) is 0 Å². The molecule has 0 bridgehead atoms. The number of benzene rings is 1. The highest BCUT2D eigenvalue weighted by Gasteiger charge is 2.16. The van der Waals surface area contributed by atoms with Crippen molar-refractivity contribution in [2.45, 2.75) is 6.92 Å². The van der Waals surface area contributed by atoms with Crippen LogP contribution in [0.1, 0.15) is 16.3 Å². The molecule has 0 saturated carbocycles. The zero-order valence-electron chi connectivity index (χ0n) is 14.2. The third kappa shape index (κ3) is 4.60. The van der Waals surface area contributed by atoms with Gasteiger partial charge in [-0.15, -0.1) is 6.58 Å². The smallest absolute Gasteiger partial charge is 0.274 e. The molecule has 0 fully saturated rings. The van der Waals surface area contributed by atoms with Crippen LogP contribution < -0.4 is 20.1 Å². The molecule has 0 radical (unpaired) electrons. The molecule has 0 atom stereocenters. The van der Waals surface area contributed by atoms with Crippen LogP contribution in [0.2, 0.25) is 5.02 Å². The van der Waals surface area contributed by atoms with Crippen LogP contribution in [0.25, 0.3) is 0 Å². The normalized spacial score (nSPS) is 10.1. The van der Waals surface area contributed by atoms with Crippen molar-refractivity contribution in [1.29, 1.82) is 0 Å². The monoisotopic (exact) mass is 362 g/mol. The van der Waals surface area contributed by atoms with E-state index in [4.69, 9.17) is 21.1 Å². The van der Waals surface area contributed by atoms with Crippen LogP contribution in [0.3, 0.4) is 0 Å². The topological polar surface area (TPSA) is 85.4 Å². The Kier molecular flexibility index (Phi) is 6.19. The van der Waals surface area contributed by atoms with Gasteiger partial charge in [-0.05, 0) is 6.92 Å². The third-order valence-corrected chi connectivity index (χ3v) is 3.52. The second-order valence-corrected chi connectivity index (χ2v) is 5.40. The molecule has 0 aliphatic heterocycles. The number of carbonyl (C=O) groups excluding carboxylic acids is 1. The summed E-state index contributed by atoms with van der Waals surface area (Å²) in [7, 11) is 2.98. The van der Waals surface area contributed by atoms with Crippen LogP contribution in [-0.4, -0.2) is 36.6 Å². The van der Waals surface area contributed by atoms with Gasteiger partial charge in [-0.3, -0.25) is 4.79 Å². The Labute approximate surface area is 151 Å². The molecule has 25 heavy (non-hydrogen) atoms. The second-order valence-electron chi connectivity index (χ2n) is 5.00. The average molecular weight is 363 g/mol. The molecule has 0 saturated heterocycles. The molecule has 0 unspecified atom stereocenters. The minimum atomic E-state index is -0.408. The van der Waals surface area contributed by atoms with Gasteiger partial charge in [-0.25, -0.2) is 9.97 Å². The van der Waals surface area contributed by atoms with Gasteiger partial charge < -0.3 is 20.1 Å². The number of aromatic nitrogens is 2. The maximum absolute atomic E-state index is 12.6. The average Bonchev–Trinajstić information content (AvgIpc) is 2.60. The Morgan fingerprint density at radius 1 is 1.24 bits per heavy atom. The quantitative estimate of drug-likeness (QED) is 0.735. The van der Waals surface area contributed by atoms with Crippen LogP contribution in [0, 0.1) is 6.92 Å². The summed E-state index contributed by atoms with van der Waals surface area (Å²) in [4.78, 5) is 21.0. The lowest BCUT2D eigenvalue weighted by Gasteiger charge is -2.13. The van der Waals surface area contributed by atoms with Gasteiger partial charge in [0.2, 0.25) is 0 Å². The van der Waals surface area contributed by atoms with E-state index in [1.165, 1.54) is 14.2 Å². The number of hydrogen-bond donors (Lipinski definition) is 2. The van der Waals surface area contributed by atoms with Gasteiger partial charge in [0.25, 0.3) is 5.91 Å². The van der Waals surface area contributed by atoms with Gasteiger partial charge in [0.1, 0.15) is 28.8 Å². The molecule has 0 aliphatic rings. The molecule has 1 aromatic heterocycles. The van der Waals surface area contributed by atoms with Gasteiger partial charge in [0.15, 0.2) is 0 Å². The first-order chi connectivity index (χ1) is 12.0. The predicted molar refractivity (Wildman–Crippen MR) is 98.0 cm³/mol. The fourth-order valence-electron chi connectivity index (χ4n) is 2.10. The molecular weight excluding hydrogens is 344 g/mol. The van der Waals surface area contributed by atoms with Crippen molar-refractivity contribution in [3.8, 4) is 11.5 Å². The van der Waals surface area contributed by atoms with Gasteiger partial charge in [0, 0.05) is 24.7 Å². The first-order valence-electron chi connectivity index (χ1n) is 7.41. The lowest BCUT2D eigenvalue weighted by molar-refractivity contribution is 0.102. The molecule has 132 valence electrons. The lowest BCUT2D eigenvalue weighted by Crippen LogP contribution is -2.16. The van der Waals surface area contributed by atoms with Crippen molar-refractivity contribution < 1.29 is 14.3 Å². The summed E-state index contributed by atoms with van der Waals surface area (Å²) in [5.41, 5.74) is 0.639. The van der Waals surface area contributed by atoms with Crippen LogP contribution in [0.5, 0.6) is 11.5 Å². The molecule has 7 nitrogen and oxygen atoms in total. The number of hydrogen-bond acceptors (Lipinski definition) is 6. The number of methoxy groups -OCH3 is 2. The highest BCUT2D eigenvalue weighted by Crippen LogP contribution is 2.36. The number of rotatable bonds is 7. The van der Waals surface area contributed by atoms with E-state index in [1.54, 1.807) is 31.2 Å². The van der Waals surface area contributed by atoms with Crippen molar-refractivity contribution >= 4 is 29.0 Å². The highest BCUT2D eigenvalue weighted by atomic mass is 35.5. The van der Waals surface area contributed by atoms with Crippen molar-refractivity contribution in [3.05, 3.63) is 47.4 Å². The van der Waals surface area contributed by atoms with Crippen molar-refractivity contribution in [1.82, 2.24) is 9.97 Å². The van der Waals surface area contributed by atoms with E-state index in [2.05, 4.69) is 27.2 Å². The highest BCUT2D eigenvalue weighted by molar-refractivity contribution is 6.32. The second kappa shape index (κ2) is 8.34. The molecule has 2 N–H and O–H groups in total. The van der Waals surface area contributed by atoms with Gasteiger partial charge >= 0.3 is 0 Å². The summed E-state index contributed by atoms with van der Waals surface area (Å²) in [5.74, 6) is 1.44. The van der Waals surface area contributed by atoms with E-state index >= 15 is 0 Å². The summed E-state index contributed by atoms with van der Waals surface area (Å²) in [6.45, 7) is 5.87. The number of aryl methyl sites for hydroxylation is 1. The SMILES string of the molecule is C=CCNc1cc(C(=O)Nc2cc(OC)c(Cl)cc2OC)nc(C)n1. The first kappa shape index (κ1) is 18.5.